The summed E-state index contributed by atoms with van der Waals surface area (Å²) in [5, 5.41) is 4.57. The van der Waals surface area contributed by atoms with Crippen molar-refractivity contribution in [2.75, 3.05) is 25.7 Å². The summed E-state index contributed by atoms with van der Waals surface area (Å²) in [6.45, 7) is 1.86. The van der Waals surface area contributed by atoms with E-state index in [1.165, 1.54) is 18.6 Å². The Bertz CT molecular complexity index is 545. The average Bonchev–Trinajstić information content (AvgIpc) is 2.50. The normalized spacial score (nSPS) is 10.9. The summed E-state index contributed by atoms with van der Waals surface area (Å²) in [5.74, 6) is 2.08. The Morgan fingerprint density at radius 3 is 2.90 bits per heavy atom. The van der Waals surface area contributed by atoms with Crippen molar-refractivity contribution in [3.8, 4) is 5.75 Å². The van der Waals surface area contributed by atoms with Crippen LogP contribution in [0.5, 0.6) is 5.75 Å². The third-order valence-electron chi connectivity index (χ3n) is 3.22. The summed E-state index contributed by atoms with van der Waals surface area (Å²) < 4.78 is 5.37. The molecule has 0 bridgehead atoms. The maximum absolute atomic E-state index is 5.37. The molecule has 20 heavy (non-hydrogen) atoms. The van der Waals surface area contributed by atoms with Gasteiger partial charge < -0.3 is 10.1 Å². The number of nitrogens with zero attached hydrogens (tertiary/aromatic N) is 1. The maximum atomic E-state index is 5.37. The molecule has 0 aliphatic heterocycles. The number of ether oxygens (including phenoxy) is 1. The van der Waals surface area contributed by atoms with Crippen molar-refractivity contribution in [1.82, 2.24) is 10.3 Å². The highest BCUT2D eigenvalue weighted by Gasteiger charge is 2.03. The number of hydrogen-bond acceptors (Lipinski definition) is 4. The van der Waals surface area contributed by atoms with Crippen LogP contribution in [0.3, 0.4) is 0 Å². The van der Waals surface area contributed by atoms with Gasteiger partial charge in [0.25, 0.3) is 0 Å². The second-order valence-corrected chi connectivity index (χ2v) is 5.70. The van der Waals surface area contributed by atoms with Crippen LogP contribution >= 0.6 is 11.8 Å². The lowest BCUT2D eigenvalue weighted by molar-refractivity contribution is 0.418. The molecule has 0 spiro atoms. The number of hydrogen-bond donors (Lipinski definition) is 1. The van der Waals surface area contributed by atoms with E-state index in [1.807, 2.05) is 23.9 Å². The Hall–Kier alpha value is -1.26. The number of fused-ring (bicyclic) bond motifs is 1. The fourth-order valence-electron chi connectivity index (χ4n) is 2.14. The average molecular weight is 290 g/mol. The lowest BCUT2D eigenvalue weighted by Gasteiger charge is -2.08. The van der Waals surface area contributed by atoms with E-state index in [4.69, 9.17) is 4.74 Å². The van der Waals surface area contributed by atoms with E-state index in [0.29, 0.717) is 0 Å². The standard InChI is InChI=1S/C16H22N2OS/c1-19-15-7-5-6-13-8-9-14(18-16(13)15)12-17-10-3-4-11-20-2/h5-9,17H,3-4,10-12H2,1-2H3. The number of nitrogens with one attached hydrogen (secondary N) is 1. The summed E-state index contributed by atoms with van der Waals surface area (Å²) in [7, 11) is 1.69. The zero-order chi connectivity index (χ0) is 14.2. The molecular formula is C16H22N2OS. The molecule has 0 amide bonds. The van der Waals surface area contributed by atoms with Gasteiger partial charge in [0.05, 0.1) is 12.8 Å². The van der Waals surface area contributed by atoms with Gasteiger partial charge in [0.15, 0.2) is 0 Å². The first kappa shape index (κ1) is 15.1. The van der Waals surface area contributed by atoms with Crippen molar-refractivity contribution in [3.63, 3.8) is 0 Å². The molecule has 1 aromatic heterocycles. The highest BCUT2D eigenvalue weighted by atomic mass is 32.2. The first-order chi connectivity index (χ1) is 9.85. The van der Waals surface area contributed by atoms with Crippen LogP contribution in [0, 0.1) is 0 Å². The van der Waals surface area contributed by atoms with Crippen LogP contribution in [-0.4, -0.2) is 30.6 Å². The second kappa shape index (κ2) is 8.12. The van der Waals surface area contributed by atoms with Crippen molar-refractivity contribution in [2.24, 2.45) is 0 Å². The summed E-state index contributed by atoms with van der Waals surface area (Å²) in [6.07, 6.45) is 4.64. The van der Waals surface area contributed by atoms with Crippen LogP contribution in [0.25, 0.3) is 10.9 Å². The molecule has 0 fully saturated rings. The summed E-state index contributed by atoms with van der Waals surface area (Å²) in [6, 6.07) is 10.2. The molecule has 0 saturated heterocycles. The zero-order valence-electron chi connectivity index (χ0n) is 12.2. The third kappa shape index (κ3) is 4.12. The van der Waals surface area contributed by atoms with Crippen molar-refractivity contribution >= 4 is 22.7 Å². The van der Waals surface area contributed by atoms with Gasteiger partial charge in [0, 0.05) is 11.9 Å². The van der Waals surface area contributed by atoms with E-state index in [-0.39, 0.29) is 0 Å². The zero-order valence-corrected chi connectivity index (χ0v) is 13.0. The topological polar surface area (TPSA) is 34.1 Å². The van der Waals surface area contributed by atoms with Gasteiger partial charge in [-0.1, -0.05) is 18.2 Å². The third-order valence-corrected chi connectivity index (χ3v) is 3.92. The maximum Gasteiger partial charge on any atom is 0.145 e. The highest BCUT2D eigenvalue weighted by Crippen LogP contribution is 2.23. The van der Waals surface area contributed by atoms with E-state index in [1.54, 1.807) is 7.11 Å². The van der Waals surface area contributed by atoms with Gasteiger partial charge in [0.2, 0.25) is 0 Å². The van der Waals surface area contributed by atoms with Crippen molar-refractivity contribution < 1.29 is 4.74 Å². The quantitative estimate of drug-likeness (QED) is 0.755. The van der Waals surface area contributed by atoms with Crippen molar-refractivity contribution in [3.05, 3.63) is 36.0 Å². The molecule has 108 valence electrons. The molecule has 2 rings (SSSR count). The Balaban J connectivity index is 1.94. The van der Waals surface area contributed by atoms with Crippen LogP contribution in [0.1, 0.15) is 18.5 Å². The van der Waals surface area contributed by atoms with E-state index in [2.05, 4.69) is 34.8 Å². The second-order valence-electron chi connectivity index (χ2n) is 4.71. The number of aromatic nitrogens is 1. The Morgan fingerprint density at radius 1 is 1.20 bits per heavy atom. The molecule has 0 saturated carbocycles. The number of rotatable bonds is 8. The highest BCUT2D eigenvalue weighted by molar-refractivity contribution is 7.98. The summed E-state index contributed by atoms with van der Waals surface area (Å²) in [4.78, 5) is 4.69. The lowest BCUT2D eigenvalue weighted by atomic mass is 10.2. The Labute approximate surface area is 125 Å². The van der Waals surface area contributed by atoms with Crippen LogP contribution < -0.4 is 10.1 Å². The fourth-order valence-corrected chi connectivity index (χ4v) is 2.63. The first-order valence-electron chi connectivity index (χ1n) is 6.97. The minimum atomic E-state index is 0.813. The molecule has 0 aliphatic rings. The van der Waals surface area contributed by atoms with Gasteiger partial charge in [-0.3, -0.25) is 0 Å². The van der Waals surface area contributed by atoms with Gasteiger partial charge in [-0.25, -0.2) is 4.98 Å². The predicted octanol–water partition coefficient (Wildman–Crippen LogP) is 3.48. The molecule has 4 heteroatoms. The van der Waals surface area contributed by atoms with Crippen LogP contribution in [-0.2, 0) is 6.54 Å². The van der Waals surface area contributed by atoms with Gasteiger partial charge in [-0.15, -0.1) is 0 Å². The van der Waals surface area contributed by atoms with E-state index in [9.17, 15) is 0 Å². The van der Waals surface area contributed by atoms with Crippen molar-refractivity contribution in [2.45, 2.75) is 19.4 Å². The molecular weight excluding hydrogens is 268 g/mol. The van der Waals surface area contributed by atoms with Crippen LogP contribution in [0.15, 0.2) is 30.3 Å². The summed E-state index contributed by atoms with van der Waals surface area (Å²) in [5.41, 5.74) is 2.00. The number of benzene rings is 1. The smallest absolute Gasteiger partial charge is 0.145 e. The molecule has 0 atom stereocenters. The van der Waals surface area contributed by atoms with E-state index >= 15 is 0 Å². The van der Waals surface area contributed by atoms with Gasteiger partial charge >= 0.3 is 0 Å². The Kier molecular flexibility index (Phi) is 6.15. The molecule has 0 aliphatic carbocycles. The van der Waals surface area contributed by atoms with E-state index < -0.39 is 0 Å². The molecule has 1 aromatic carbocycles. The molecule has 1 heterocycles. The van der Waals surface area contributed by atoms with Crippen LogP contribution in [0.2, 0.25) is 0 Å². The van der Waals surface area contributed by atoms with Gasteiger partial charge in [0.1, 0.15) is 11.3 Å². The van der Waals surface area contributed by atoms with Crippen molar-refractivity contribution in [1.29, 1.82) is 0 Å². The minimum absolute atomic E-state index is 0.813. The minimum Gasteiger partial charge on any atom is -0.494 e. The molecule has 3 nitrogen and oxygen atoms in total. The van der Waals surface area contributed by atoms with E-state index in [0.717, 1.165) is 35.4 Å². The molecule has 1 N–H and O–H groups in total. The number of thioether (sulfide) groups is 1. The summed E-state index contributed by atoms with van der Waals surface area (Å²) >= 11 is 1.91. The molecule has 0 radical (unpaired) electrons. The number of unbranched alkanes of at least 4 members (excludes halogenated alkanes) is 1. The van der Waals surface area contributed by atoms with Gasteiger partial charge in [-0.05, 0) is 43.5 Å². The monoisotopic (exact) mass is 290 g/mol. The molecule has 0 unspecified atom stereocenters. The van der Waals surface area contributed by atoms with Crippen LogP contribution in [0.4, 0.5) is 0 Å². The Morgan fingerprint density at radius 2 is 2.10 bits per heavy atom. The number of pyridine rings is 1. The molecule has 2 aromatic rings. The number of methoxy groups -OCH3 is 1. The lowest BCUT2D eigenvalue weighted by Crippen LogP contribution is -2.15. The fraction of sp³-hybridized carbons (Fsp3) is 0.438. The predicted molar refractivity (Wildman–Crippen MR) is 87.6 cm³/mol. The van der Waals surface area contributed by atoms with Gasteiger partial charge in [-0.2, -0.15) is 11.8 Å². The number of para-hydroxylation sites is 1. The largest absolute Gasteiger partial charge is 0.494 e. The first-order valence-corrected chi connectivity index (χ1v) is 8.37. The SMILES string of the molecule is COc1cccc2ccc(CNCCCCSC)nc12.